The molecule has 4 nitrogen and oxygen atoms in total. The Kier molecular flexibility index (Phi) is 5.54. The van der Waals surface area contributed by atoms with Gasteiger partial charge in [0, 0.05) is 24.4 Å². The van der Waals surface area contributed by atoms with Crippen molar-refractivity contribution >= 4 is 17.5 Å². The maximum absolute atomic E-state index is 13.8. The van der Waals surface area contributed by atoms with E-state index < -0.39 is 11.7 Å². The van der Waals surface area contributed by atoms with Gasteiger partial charge in [-0.15, -0.1) is 0 Å². The third-order valence-electron chi connectivity index (χ3n) is 5.14. The van der Waals surface area contributed by atoms with Crippen LogP contribution < -0.4 is 10.6 Å². The zero-order valence-electron chi connectivity index (χ0n) is 15.1. The van der Waals surface area contributed by atoms with Gasteiger partial charge in [0.15, 0.2) is 0 Å². The van der Waals surface area contributed by atoms with Gasteiger partial charge in [-0.2, -0.15) is 0 Å². The van der Waals surface area contributed by atoms with Crippen LogP contribution in [-0.2, 0) is 10.2 Å². The van der Waals surface area contributed by atoms with Gasteiger partial charge in [0.05, 0.1) is 5.69 Å². The smallest absolute Gasteiger partial charge is 0.251 e. The molecule has 0 aromatic heterocycles. The van der Waals surface area contributed by atoms with Crippen molar-refractivity contribution in [3.8, 4) is 0 Å². The van der Waals surface area contributed by atoms with Crippen molar-refractivity contribution in [2.75, 3.05) is 11.9 Å². The van der Waals surface area contributed by atoms with Crippen molar-refractivity contribution in [1.29, 1.82) is 0 Å². The summed E-state index contributed by atoms with van der Waals surface area (Å²) in [7, 11) is 0. The number of carbonyl (C=O) groups is 2. The Labute approximate surface area is 157 Å². The standard InChI is InChI=1S/C21H22F2N2O2/c1-14(26)25-19-12-15(4-9-18(19)23)20(27)24-13-21(10-2-3-11-21)16-5-7-17(22)8-6-16/h4-9,12H,2-3,10-11,13H2,1H3,(H,24,27)(H,25,26). The summed E-state index contributed by atoms with van der Waals surface area (Å²) in [5, 5.41) is 5.30. The van der Waals surface area contributed by atoms with Crippen LogP contribution in [0.4, 0.5) is 14.5 Å². The summed E-state index contributed by atoms with van der Waals surface area (Å²) in [6, 6.07) is 10.3. The molecule has 1 aliphatic carbocycles. The summed E-state index contributed by atoms with van der Waals surface area (Å²) in [5.74, 6) is -1.63. The topological polar surface area (TPSA) is 58.2 Å². The zero-order chi connectivity index (χ0) is 19.4. The van der Waals surface area contributed by atoms with Crippen LogP contribution in [0, 0.1) is 11.6 Å². The Bertz CT molecular complexity index is 844. The number of amides is 2. The fourth-order valence-electron chi connectivity index (χ4n) is 3.73. The number of hydrogen-bond acceptors (Lipinski definition) is 2. The fraction of sp³-hybridized carbons (Fsp3) is 0.333. The minimum Gasteiger partial charge on any atom is -0.351 e. The van der Waals surface area contributed by atoms with Crippen LogP contribution in [-0.4, -0.2) is 18.4 Å². The first-order valence-electron chi connectivity index (χ1n) is 9.01. The minimum atomic E-state index is -0.597. The summed E-state index contributed by atoms with van der Waals surface area (Å²) < 4.78 is 27.0. The SMILES string of the molecule is CC(=O)Nc1cc(C(=O)NCC2(c3ccc(F)cc3)CCCC2)ccc1F. The molecule has 3 rings (SSSR count). The van der Waals surface area contributed by atoms with E-state index >= 15 is 0 Å². The second-order valence-electron chi connectivity index (χ2n) is 7.05. The van der Waals surface area contributed by atoms with Crippen LogP contribution in [0.2, 0.25) is 0 Å². The summed E-state index contributed by atoms with van der Waals surface area (Å²) >= 11 is 0. The summed E-state index contributed by atoms with van der Waals surface area (Å²) in [5.41, 5.74) is 1.04. The highest BCUT2D eigenvalue weighted by Crippen LogP contribution is 2.40. The molecule has 0 bridgehead atoms. The molecule has 0 radical (unpaired) electrons. The van der Waals surface area contributed by atoms with Gasteiger partial charge in [0.1, 0.15) is 11.6 Å². The van der Waals surface area contributed by atoms with E-state index in [0.717, 1.165) is 37.3 Å². The van der Waals surface area contributed by atoms with Crippen molar-refractivity contribution in [3.63, 3.8) is 0 Å². The highest BCUT2D eigenvalue weighted by molar-refractivity contribution is 5.96. The van der Waals surface area contributed by atoms with E-state index in [-0.39, 0.29) is 28.4 Å². The van der Waals surface area contributed by atoms with Crippen molar-refractivity contribution in [2.24, 2.45) is 0 Å². The van der Waals surface area contributed by atoms with E-state index in [1.165, 1.54) is 31.2 Å². The second-order valence-corrected chi connectivity index (χ2v) is 7.05. The lowest BCUT2D eigenvalue weighted by Gasteiger charge is -2.30. The molecule has 6 heteroatoms. The molecule has 0 saturated heterocycles. The Morgan fingerprint density at radius 3 is 2.33 bits per heavy atom. The Morgan fingerprint density at radius 2 is 1.70 bits per heavy atom. The summed E-state index contributed by atoms with van der Waals surface area (Å²) in [4.78, 5) is 23.7. The molecule has 142 valence electrons. The van der Waals surface area contributed by atoms with E-state index in [9.17, 15) is 18.4 Å². The lowest BCUT2D eigenvalue weighted by atomic mass is 9.78. The highest BCUT2D eigenvalue weighted by Gasteiger charge is 2.36. The number of halogens is 2. The van der Waals surface area contributed by atoms with Crippen LogP contribution in [0.15, 0.2) is 42.5 Å². The number of nitrogens with one attached hydrogen (secondary N) is 2. The van der Waals surface area contributed by atoms with Crippen LogP contribution in [0.1, 0.15) is 48.5 Å². The van der Waals surface area contributed by atoms with Crippen LogP contribution in [0.5, 0.6) is 0 Å². The number of rotatable bonds is 5. The van der Waals surface area contributed by atoms with Crippen LogP contribution in [0.3, 0.4) is 0 Å². The van der Waals surface area contributed by atoms with E-state index in [1.54, 1.807) is 12.1 Å². The lowest BCUT2D eigenvalue weighted by Crippen LogP contribution is -2.39. The van der Waals surface area contributed by atoms with Crippen molar-refractivity contribution in [3.05, 3.63) is 65.2 Å². The average molecular weight is 372 g/mol. The number of benzene rings is 2. The predicted molar refractivity (Wildman–Crippen MR) is 99.6 cm³/mol. The predicted octanol–water partition coefficient (Wildman–Crippen LogP) is 4.17. The Hall–Kier alpha value is -2.76. The number of anilines is 1. The van der Waals surface area contributed by atoms with Gasteiger partial charge in [-0.25, -0.2) is 8.78 Å². The highest BCUT2D eigenvalue weighted by atomic mass is 19.1. The first kappa shape index (κ1) is 19.0. The van der Waals surface area contributed by atoms with Gasteiger partial charge in [0.25, 0.3) is 5.91 Å². The molecule has 0 spiro atoms. The van der Waals surface area contributed by atoms with E-state index in [4.69, 9.17) is 0 Å². The summed E-state index contributed by atoms with van der Waals surface area (Å²) in [6.07, 6.45) is 3.94. The molecule has 1 aliphatic rings. The zero-order valence-corrected chi connectivity index (χ0v) is 15.1. The van der Waals surface area contributed by atoms with E-state index in [2.05, 4.69) is 10.6 Å². The quantitative estimate of drug-likeness (QED) is 0.828. The van der Waals surface area contributed by atoms with E-state index in [0.29, 0.717) is 6.54 Å². The third-order valence-corrected chi connectivity index (χ3v) is 5.14. The van der Waals surface area contributed by atoms with Crippen molar-refractivity contribution in [1.82, 2.24) is 5.32 Å². The Morgan fingerprint density at radius 1 is 1.04 bits per heavy atom. The lowest BCUT2D eigenvalue weighted by molar-refractivity contribution is -0.114. The first-order valence-corrected chi connectivity index (χ1v) is 9.01. The van der Waals surface area contributed by atoms with Gasteiger partial charge < -0.3 is 10.6 Å². The van der Waals surface area contributed by atoms with Gasteiger partial charge in [-0.3, -0.25) is 9.59 Å². The molecule has 0 aliphatic heterocycles. The van der Waals surface area contributed by atoms with Crippen molar-refractivity contribution < 1.29 is 18.4 Å². The molecule has 2 N–H and O–H groups in total. The summed E-state index contributed by atoms with van der Waals surface area (Å²) in [6.45, 7) is 1.70. The molecule has 2 amide bonds. The molecule has 1 fully saturated rings. The monoisotopic (exact) mass is 372 g/mol. The van der Waals surface area contributed by atoms with Gasteiger partial charge in [-0.1, -0.05) is 25.0 Å². The molecule has 0 heterocycles. The third kappa shape index (κ3) is 4.32. The maximum atomic E-state index is 13.8. The number of carbonyl (C=O) groups excluding carboxylic acids is 2. The fourth-order valence-corrected chi connectivity index (χ4v) is 3.73. The van der Waals surface area contributed by atoms with Crippen LogP contribution in [0.25, 0.3) is 0 Å². The van der Waals surface area contributed by atoms with Gasteiger partial charge >= 0.3 is 0 Å². The molecular weight excluding hydrogens is 350 g/mol. The minimum absolute atomic E-state index is 0.0238. The first-order chi connectivity index (χ1) is 12.9. The van der Waals surface area contributed by atoms with Crippen LogP contribution >= 0.6 is 0 Å². The molecule has 0 atom stereocenters. The normalized spacial score (nSPS) is 15.4. The molecule has 0 unspecified atom stereocenters. The molecule has 2 aromatic carbocycles. The molecular formula is C21H22F2N2O2. The molecule has 27 heavy (non-hydrogen) atoms. The molecule has 1 saturated carbocycles. The van der Waals surface area contributed by atoms with Gasteiger partial charge in [0.2, 0.25) is 5.91 Å². The Balaban J connectivity index is 1.75. The van der Waals surface area contributed by atoms with Gasteiger partial charge in [-0.05, 0) is 48.7 Å². The van der Waals surface area contributed by atoms with E-state index in [1.807, 2.05) is 0 Å². The second kappa shape index (κ2) is 7.86. The van der Waals surface area contributed by atoms with Crippen molar-refractivity contribution in [2.45, 2.75) is 38.0 Å². The number of hydrogen-bond donors (Lipinski definition) is 2. The molecule has 2 aromatic rings. The average Bonchev–Trinajstić information content (AvgIpc) is 3.12. The maximum Gasteiger partial charge on any atom is 0.251 e. The largest absolute Gasteiger partial charge is 0.351 e.